The van der Waals surface area contributed by atoms with Crippen molar-refractivity contribution in [3.8, 4) is 5.75 Å². The third kappa shape index (κ3) is 5.44. The number of nitrogens with one attached hydrogen (secondary N) is 2. The zero-order valence-electron chi connectivity index (χ0n) is 15.7. The number of amides is 1. The first-order valence-corrected chi connectivity index (χ1v) is 9.21. The number of hydrogen-bond donors (Lipinski definition) is 2. The number of aryl methyl sites for hydroxylation is 1. The first-order valence-electron chi connectivity index (χ1n) is 8.83. The Kier molecular flexibility index (Phi) is 6.45. The third-order valence-corrected chi connectivity index (χ3v) is 4.24. The van der Waals surface area contributed by atoms with Gasteiger partial charge < -0.3 is 15.4 Å². The highest BCUT2D eigenvalue weighted by molar-refractivity contribution is 6.30. The second kappa shape index (κ2) is 9.19. The van der Waals surface area contributed by atoms with Crippen LogP contribution in [-0.4, -0.2) is 29.5 Å². The van der Waals surface area contributed by atoms with Crippen LogP contribution >= 0.6 is 11.6 Å². The predicted octanol–water partition coefficient (Wildman–Crippen LogP) is 4.35. The lowest BCUT2D eigenvalue weighted by molar-refractivity contribution is 0.102. The summed E-state index contributed by atoms with van der Waals surface area (Å²) in [7, 11) is 1.58. The van der Waals surface area contributed by atoms with E-state index in [0.29, 0.717) is 40.3 Å². The molecule has 0 fully saturated rings. The molecule has 0 spiro atoms. The summed E-state index contributed by atoms with van der Waals surface area (Å²) in [6.07, 6.45) is 0.787. The second-order valence-electron chi connectivity index (χ2n) is 6.18. The molecule has 6 nitrogen and oxygen atoms in total. The van der Waals surface area contributed by atoms with Gasteiger partial charge in [0.1, 0.15) is 23.1 Å². The first kappa shape index (κ1) is 19.6. The maximum Gasteiger partial charge on any atom is 0.274 e. The standard InChI is InChI=1S/C21H21ClN4O2/c1-14-24-19(21(27)26-17-7-4-8-18(12-17)28-2)13-20(25-14)23-10-9-15-5-3-6-16(22)11-15/h3-8,11-13H,9-10H2,1-2H3,(H,26,27)(H,23,24,25). The van der Waals surface area contributed by atoms with Gasteiger partial charge in [-0.2, -0.15) is 0 Å². The topological polar surface area (TPSA) is 76.1 Å². The molecule has 0 unspecified atom stereocenters. The lowest BCUT2D eigenvalue weighted by atomic mass is 10.1. The Morgan fingerprint density at radius 1 is 1.11 bits per heavy atom. The van der Waals surface area contributed by atoms with E-state index in [4.69, 9.17) is 16.3 Å². The van der Waals surface area contributed by atoms with Crippen molar-refractivity contribution < 1.29 is 9.53 Å². The predicted molar refractivity (Wildman–Crippen MR) is 111 cm³/mol. The molecule has 2 N–H and O–H groups in total. The van der Waals surface area contributed by atoms with Crippen LogP contribution in [0.1, 0.15) is 21.9 Å². The van der Waals surface area contributed by atoms with E-state index in [9.17, 15) is 4.79 Å². The molecule has 28 heavy (non-hydrogen) atoms. The summed E-state index contributed by atoms with van der Waals surface area (Å²) in [6, 6.07) is 16.5. The molecule has 2 aromatic carbocycles. The number of hydrogen-bond acceptors (Lipinski definition) is 5. The molecule has 0 saturated heterocycles. The molecule has 7 heteroatoms. The molecule has 0 aliphatic heterocycles. The molecule has 0 aliphatic rings. The van der Waals surface area contributed by atoms with E-state index in [1.54, 1.807) is 32.2 Å². The van der Waals surface area contributed by atoms with Crippen molar-refractivity contribution in [2.75, 3.05) is 24.3 Å². The minimum absolute atomic E-state index is 0.292. The van der Waals surface area contributed by atoms with Crippen molar-refractivity contribution in [3.05, 3.63) is 76.7 Å². The van der Waals surface area contributed by atoms with Gasteiger partial charge >= 0.3 is 0 Å². The number of rotatable bonds is 7. The van der Waals surface area contributed by atoms with Crippen LogP contribution in [0.4, 0.5) is 11.5 Å². The van der Waals surface area contributed by atoms with E-state index in [1.165, 1.54) is 0 Å². The lowest BCUT2D eigenvalue weighted by Gasteiger charge is -2.10. The average Bonchev–Trinajstić information content (AvgIpc) is 2.68. The Bertz CT molecular complexity index is 978. The van der Waals surface area contributed by atoms with E-state index >= 15 is 0 Å². The SMILES string of the molecule is COc1cccc(NC(=O)c2cc(NCCc3cccc(Cl)c3)nc(C)n2)c1. The summed E-state index contributed by atoms with van der Waals surface area (Å²) in [5, 5.41) is 6.78. The molecule has 0 atom stereocenters. The summed E-state index contributed by atoms with van der Waals surface area (Å²) in [5.41, 5.74) is 2.05. The van der Waals surface area contributed by atoms with Gasteiger partial charge in [0, 0.05) is 29.4 Å². The molecule has 1 aromatic heterocycles. The maximum absolute atomic E-state index is 12.6. The van der Waals surface area contributed by atoms with Crippen LogP contribution in [0.15, 0.2) is 54.6 Å². The monoisotopic (exact) mass is 396 g/mol. The molecule has 1 amide bonds. The highest BCUT2D eigenvalue weighted by Crippen LogP contribution is 2.18. The number of nitrogens with zero attached hydrogens (tertiary/aromatic N) is 2. The van der Waals surface area contributed by atoms with Crippen LogP contribution < -0.4 is 15.4 Å². The zero-order valence-corrected chi connectivity index (χ0v) is 16.5. The van der Waals surface area contributed by atoms with Crippen LogP contribution in [-0.2, 0) is 6.42 Å². The molecule has 3 rings (SSSR count). The number of carbonyl (C=O) groups excluding carboxylic acids is 1. The fourth-order valence-electron chi connectivity index (χ4n) is 2.70. The Balaban J connectivity index is 1.65. The highest BCUT2D eigenvalue weighted by atomic mass is 35.5. The number of halogens is 1. The van der Waals surface area contributed by atoms with E-state index in [1.807, 2.05) is 36.4 Å². The van der Waals surface area contributed by atoms with Crippen molar-refractivity contribution >= 4 is 29.0 Å². The Morgan fingerprint density at radius 2 is 1.93 bits per heavy atom. The summed E-state index contributed by atoms with van der Waals surface area (Å²) in [4.78, 5) is 21.2. The van der Waals surface area contributed by atoms with Gasteiger partial charge in [-0.25, -0.2) is 9.97 Å². The largest absolute Gasteiger partial charge is 0.497 e. The highest BCUT2D eigenvalue weighted by Gasteiger charge is 2.11. The fourth-order valence-corrected chi connectivity index (χ4v) is 2.91. The molecule has 0 aliphatic carbocycles. The van der Waals surface area contributed by atoms with E-state index in [0.717, 1.165) is 12.0 Å². The van der Waals surface area contributed by atoms with Crippen molar-refractivity contribution in [3.63, 3.8) is 0 Å². The normalized spacial score (nSPS) is 10.4. The van der Waals surface area contributed by atoms with Crippen LogP contribution in [0.25, 0.3) is 0 Å². The summed E-state index contributed by atoms with van der Waals surface area (Å²) >= 11 is 6.01. The number of aromatic nitrogens is 2. The van der Waals surface area contributed by atoms with Crippen LogP contribution in [0.3, 0.4) is 0 Å². The van der Waals surface area contributed by atoms with Crippen LogP contribution in [0.2, 0.25) is 5.02 Å². The van der Waals surface area contributed by atoms with Crippen molar-refractivity contribution in [2.45, 2.75) is 13.3 Å². The van der Waals surface area contributed by atoms with Gasteiger partial charge in [-0.3, -0.25) is 4.79 Å². The zero-order chi connectivity index (χ0) is 19.9. The number of methoxy groups -OCH3 is 1. The average molecular weight is 397 g/mol. The van der Waals surface area contributed by atoms with Crippen LogP contribution in [0, 0.1) is 6.92 Å². The number of benzene rings is 2. The minimum Gasteiger partial charge on any atom is -0.497 e. The van der Waals surface area contributed by atoms with Crippen molar-refractivity contribution in [1.29, 1.82) is 0 Å². The van der Waals surface area contributed by atoms with E-state index < -0.39 is 0 Å². The summed E-state index contributed by atoms with van der Waals surface area (Å²) < 4.78 is 5.17. The van der Waals surface area contributed by atoms with Gasteiger partial charge in [-0.1, -0.05) is 29.8 Å². The molecular weight excluding hydrogens is 376 g/mol. The Hall–Kier alpha value is -3.12. The lowest BCUT2D eigenvalue weighted by Crippen LogP contribution is -2.16. The van der Waals surface area contributed by atoms with E-state index in [2.05, 4.69) is 20.6 Å². The van der Waals surface area contributed by atoms with Gasteiger partial charge in [0.25, 0.3) is 5.91 Å². The maximum atomic E-state index is 12.6. The first-order chi connectivity index (χ1) is 13.5. The molecule has 0 bridgehead atoms. The molecule has 0 saturated carbocycles. The Labute approximate surface area is 168 Å². The third-order valence-electron chi connectivity index (χ3n) is 4.01. The fraction of sp³-hybridized carbons (Fsp3) is 0.190. The number of anilines is 2. The van der Waals surface area contributed by atoms with E-state index in [-0.39, 0.29) is 5.91 Å². The molecule has 1 heterocycles. The molecular formula is C21H21ClN4O2. The van der Waals surface area contributed by atoms with Gasteiger partial charge in [-0.15, -0.1) is 0 Å². The van der Waals surface area contributed by atoms with Crippen LogP contribution in [0.5, 0.6) is 5.75 Å². The van der Waals surface area contributed by atoms with Crippen molar-refractivity contribution in [2.24, 2.45) is 0 Å². The Morgan fingerprint density at radius 3 is 2.71 bits per heavy atom. The quantitative estimate of drug-likeness (QED) is 0.620. The second-order valence-corrected chi connectivity index (χ2v) is 6.61. The summed E-state index contributed by atoms with van der Waals surface area (Å²) in [6.45, 7) is 2.41. The minimum atomic E-state index is -0.309. The summed E-state index contributed by atoms with van der Waals surface area (Å²) in [5.74, 6) is 1.48. The number of ether oxygens (including phenoxy) is 1. The smallest absolute Gasteiger partial charge is 0.274 e. The molecule has 144 valence electrons. The van der Waals surface area contributed by atoms with Gasteiger partial charge in [-0.05, 0) is 43.2 Å². The molecule has 3 aromatic rings. The number of carbonyl (C=O) groups is 1. The molecule has 0 radical (unpaired) electrons. The van der Waals surface area contributed by atoms with Crippen molar-refractivity contribution in [1.82, 2.24) is 9.97 Å². The van der Waals surface area contributed by atoms with Gasteiger partial charge in [0.2, 0.25) is 0 Å². The van der Waals surface area contributed by atoms with Gasteiger partial charge in [0.05, 0.1) is 7.11 Å². The van der Waals surface area contributed by atoms with Gasteiger partial charge in [0.15, 0.2) is 0 Å².